The monoisotopic (exact) mass is 388 g/mol. The van der Waals surface area contributed by atoms with E-state index in [0.717, 1.165) is 33.9 Å². The maximum atomic E-state index is 13.2. The van der Waals surface area contributed by atoms with Crippen molar-refractivity contribution in [2.75, 3.05) is 10.2 Å². The highest BCUT2D eigenvalue weighted by Crippen LogP contribution is 2.46. The minimum atomic E-state index is -0.317. The van der Waals surface area contributed by atoms with Gasteiger partial charge in [-0.15, -0.1) is 0 Å². The molecule has 1 N–H and O–H groups in total. The van der Waals surface area contributed by atoms with Crippen molar-refractivity contribution in [3.8, 4) is 0 Å². The third kappa shape index (κ3) is 3.03. The first kappa shape index (κ1) is 16.9. The van der Waals surface area contributed by atoms with Crippen LogP contribution >= 0.6 is 11.8 Å². The molecule has 6 nitrogen and oxygen atoms in total. The van der Waals surface area contributed by atoms with Crippen molar-refractivity contribution >= 4 is 35.0 Å². The van der Waals surface area contributed by atoms with Crippen LogP contribution in [0.3, 0.4) is 0 Å². The topological polar surface area (TPSA) is 75.2 Å². The quantitative estimate of drug-likeness (QED) is 0.734. The van der Waals surface area contributed by atoms with Crippen LogP contribution in [0.4, 0.5) is 11.4 Å². The molecular formula is C21H16N4O2S. The van der Waals surface area contributed by atoms with Crippen LogP contribution in [0.2, 0.25) is 0 Å². The van der Waals surface area contributed by atoms with Gasteiger partial charge in [-0.2, -0.15) is 0 Å². The fraction of sp³-hybridized carbons (Fsp3) is 0.143. The lowest BCUT2D eigenvalue weighted by molar-refractivity contribution is 0.0980. The van der Waals surface area contributed by atoms with Crippen molar-refractivity contribution in [3.63, 3.8) is 0 Å². The molecule has 1 aliphatic carbocycles. The Hall–Kier alpha value is -3.19. The van der Waals surface area contributed by atoms with Crippen LogP contribution in [0, 0.1) is 0 Å². The highest BCUT2D eigenvalue weighted by molar-refractivity contribution is 7.99. The molecule has 0 unspecified atom stereocenters. The fourth-order valence-corrected chi connectivity index (χ4v) is 4.38. The van der Waals surface area contributed by atoms with Crippen molar-refractivity contribution in [2.45, 2.75) is 28.7 Å². The fourth-order valence-electron chi connectivity index (χ4n) is 3.27. The van der Waals surface area contributed by atoms with E-state index in [1.807, 2.05) is 47.4 Å². The number of nitrogens with one attached hydrogen (secondary N) is 1. The molecule has 2 amide bonds. The van der Waals surface area contributed by atoms with Crippen LogP contribution in [0.1, 0.15) is 33.7 Å². The van der Waals surface area contributed by atoms with Crippen molar-refractivity contribution < 1.29 is 9.59 Å². The van der Waals surface area contributed by atoms with E-state index in [-0.39, 0.29) is 23.6 Å². The number of aromatic nitrogens is 2. The molecule has 5 rings (SSSR count). The van der Waals surface area contributed by atoms with Gasteiger partial charge in [0.1, 0.15) is 5.69 Å². The van der Waals surface area contributed by atoms with E-state index >= 15 is 0 Å². The summed E-state index contributed by atoms with van der Waals surface area (Å²) < 4.78 is 0. The van der Waals surface area contributed by atoms with Gasteiger partial charge in [-0.1, -0.05) is 23.9 Å². The van der Waals surface area contributed by atoms with Gasteiger partial charge in [-0.3, -0.25) is 14.6 Å². The second kappa shape index (κ2) is 6.76. The predicted molar refractivity (Wildman–Crippen MR) is 107 cm³/mol. The zero-order valence-corrected chi connectivity index (χ0v) is 15.6. The third-order valence-corrected chi connectivity index (χ3v) is 5.86. The average Bonchev–Trinajstić information content (AvgIpc) is 3.56. The van der Waals surface area contributed by atoms with Crippen molar-refractivity contribution in [2.24, 2.45) is 0 Å². The molecule has 138 valence electrons. The van der Waals surface area contributed by atoms with Crippen LogP contribution in [0.5, 0.6) is 0 Å². The number of hydrogen-bond donors (Lipinski definition) is 1. The SMILES string of the molecule is O=C(Nc1ccc2c(c1)Sc1ccccc1C(=O)N2C1CC1)c1cnccn1. The summed E-state index contributed by atoms with van der Waals surface area (Å²) in [5.41, 5.74) is 2.53. The lowest BCUT2D eigenvalue weighted by Crippen LogP contribution is -2.32. The molecule has 28 heavy (non-hydrogen) atoms. The molecule has 7 heteroatoms. The number of amides is 2. The molecule has 0 atom stereocenters. The summed E-state index contributed by atoms with van der Waals surface area (Å²) in [6, 6.07) is 13.6. The first-order valence-corrected chi connectivity index (χ1v) is 9.84. The van der Waals surface area contributed by atoms with E-state index < -0.39 is 0 Å². The lowest BCUT2D eigenvalue weighted by atomic mass is 10.1. The summed E-state index contributed by atoms with van der Waals surface area (Å²) in [5, 5.41) is 2.87. The van der Waals surface area contributed by atoms with E-state index in [0.29, 0.717) is 5.69 Å². The van der Waals surface area contributed by atoms with E-state index in [9.17, 15) is 9.59 Å². The molecule has 2 aliphatic rings. The van der Waals surface area contributed by atoms with Gasteiger partial charge in [0.05, 0.1) is 17.4 Å². The molecule has 2 aromatic carbocycles. The normalized spacial score (nSPS) is 15.4. The second-order valence-corrected chi connectivity index (χ2v) is 7.82. The summed E-state index contributed by atoms with van der Waals surface area (Å²) in [6.07, 6.45) is 6.47. The summed E-state index contributed by atoms with van der Waals surface area (Å²) in [4.78, 5) is 37.3. The molecule has 0 saturated heterocycles. The Balaban J connectivity index is 1.52. The number of rotatable bonds is 3. The van der Waals surface area contributed by atoms with Crippen LogP contribution in [-0.4, -0.2) is 27.8 Å². The summed E-state index contributed by atoms with van der Waals surface area (Å²) in [7, 11) is 0. The van der Waals surface area contributed by atoms with Crippen LogP contribution in [0.25, 0.3) is 0 Å². The number of carbonyl (C=O) groups is 2. The number of hydrogen-bond acceptors (Lipinski definition) is 5. The van der Waals surface area contributed by atoms with E-state index in [1.165, 1.54) is 18.6 Å². The Morgan fingerprint density at radius 2 is 1.96 bits per heavy atom. The van der Waals surface area contributed by atoms with Gasteiger partial charge in [0.2, 0.25) is 0 Å². The number of anilines is 2. The Kier molecular flexibility index (Phi) is 4.09. The van der Waals surface area contributed by atoms with Gasteiger partial charge in [-0.25, -0.2) is 4.98 Å². The zero-order valence-electron chi connectivity index (χ0n) is 14.8. The van der Waals surface area contributed by atoms with Crippen molar-refractivity contribution in [3.05, 3.63) is 72.3 Å². The van der Waals surface area contributed by atoms with Gasteiger partial charge >= 0.3 is 0 Å². The molecule has 3 aromatic rings. The Morgan fingerprint density at radius 1 is 1.11 bits per heavy atom. The van der Waals surface area contributed by atoms with Crippen LogP contribution in [0.15, 0.2) is 70.8 Å². The first-order valence-electron chi connectivity index (χ1n) is 9.02. The van der Waals surface area contributed by atoms with Gasteiger partial charge in [0.15, 0.2) is 0 Å². The standard InChI is InChI=1S/C21H16N4O2S/c26-20(16-12-22-9-10-23-16)24-13-5-8-17-19(11-13)28-18-4-2-1-3-15(18)21(27)25(17)14-6-7-14/h1-5,8-12,14H,6-7H2,(H,24,26). The van der Waals surface area contributed by atoms with Crippen LogP contribution < -0.4 is 10.2 Å². The van der Waals surface area contributed by atoms with E-state index in [1.54, 1.807) is 11.8 Å². The smallest absolute Gasteiger partial charge is 0.275 e. The first-order chi connectivity index (χ1) is 13.7. The second-order valence-electron chi connectivity index (χ2n) is 6.73. The van der Waals surface area contributed by atoms with Gasteiger partial charge in [0, 0.05) is 33.9 Å². The minimum absolute atomic E-state index is 0.0423. The Bertz CT molecular complexity index is 1080. The summed E-state index contributed by atoms with van der Waals surface area (Å²) in [6.45, 7) is 0. The highest BCUT2D eigenvalue weighted by atomic mass is 32.2. The summed E-state index contributed by atoms with van der Waals surface area (Å²) in [5.74, 6) is -0.275. The predicted octanol–water partition coefficient (Wildman–Crippen LogP) is 4.00. The number of nitrogens with zero attached hydrogens (tertiary/aromatic N) is 3. The van der Waals surface area contributed by atoms with Gasteiger partial charge in [0.25, 0.3) is 11.8 Å². The number of carbonyl (C=O) groups excluding carboxylic acids is 2. The molecule has 1 aliphatic heterocycles. The van der Waals surface area contributed by atoms with Crippen molar-refractivity contribution in [1.29, 1.82) is 0 Å². The van der Waals surface area contributed by atoms with Gasteiger partial charge < -0.3 is 10.2 Å². The highest BCUT2D eigenvalue weighted by Gasteiger charge is 2.38. The lowest BCUT2D eigenvalue weighted by Gasteiger charge is -2.23. The Morgan fingerprint density at radius 3 is 2.75 bits per heavy atom. The molecule has 1 fully saturated rings. The zero-order chi connectivity index (χ0) is 19.1. The number of benzene rings is 2. The molecule has 0 spiro atoms. The molecule has 0 radical (unpaired) electrons. The molecule has 2 heterocycles. The maximum absolute atomic E-state index is 13.2. The largest absolute Gasteiger partial charge is 0.321 e. The minimum Gasteiger partial charge on any atom is -0.321 e. The van der Waals surface area contributed by atoms with E-state index in [2.05, 4.69) is 15.3 Å². The Labute approximate surface area is 166 Å². The van der Waals surface area contributed by atoms with E-state index in [4.69, 9.17) is 0 Å². The number of fused-ring (bicyclic) bond motifs is 2. The molecular weight excluding hydrogens is 372 g/mol. The molecule has 1 aromatic heterocycles. The maximum Gasteiger partial charge on any atom is 0.275 e. The molecule has 0 bridgehead atoms. The third-order valence-electron chi connectivity index (χ3n) is 4.74. The van der Waals surface area contributed by atoms with Crippen molar-refractivity contribution in [1.82, 2.24) is 9.97 Å². The summed E-state index contributed by atoms with van der Waals surface area (Å²) >= 11 is 1.55. The molecule has 1 saturated carbocycles. The average molecular weight is 388 g/mol. The van der Waals surface area contributed by atoms with Crippen LogP contribution in [-0.2, 0) is 0 Å². The van der Waals surface area contributed by atoms with Gasteiger partial charge in [-0.05, 0) is 43.2 Å².